The second kappa shape index (κ2) is 7.52. The second-order valence-electron chi connectivity index (χ2n) is 5.01. The van der Waals surface area contributed by atoms with Crippen molar-refractivity contribution in [3.8, 4) is 5.75 Å². The van der Waals surface area contributed by atoms with Gasteiger partial charge < -0.3 is 15.2 Å². The van der Waals surface area contributed by atoms with Crippen molar-refractivity contribution in [2.75, 3.05) is 11.9 Å². The van der Waals surface area contributed by atoms with Crippen LogP contribution in [0, 0.1) is 11.6 Å². The second-order valence-corrected chi connectivity index (χ2v) is 5.01. The van der Waals surface area contributed by atoms with Gasteiger partial charge in [0.1, 0.15) is 22.9 Å². The molecule has 0 saturated carbocycles. The first-order valence-electron chi connectivity index (χ1n) is 7.04. The van der Waals surface area contributed by atoms with Gasteiger partial charge in [0.25, 0.3) is 0 Å². The van der Waals surface area contributed by atoms with Crippen molar-refractivity contribution < 1.29 is 33.0 Å². The van der Waals surface area contributed by atoms with Gasteiger partial charge in [-0.05, 0) is 30.3 Å². The monoisotopic (exact) mass is 349 g/mol. The highest BCUT2D eigenvalue weighted by Crippen LogP contribution is 2.24. The van der Waals surface area contributed by atoms with E-state index >= 15 is 0 Å². The van der Waals surface area contributed by atoms with E-state index in [0.717, 1.165) is 18.2 Å². The van der Waals surface area contributed by atoms with Crippen LogP contribution in [0.4, 0.5) is 14.5 Å². The van der Waals surface area contributed by atoms with Crippen molar-refractivity contribution in [3.05, 3.63) is 59.2 Å². The van der Waals surface area contributed by atoms with E-state index in [2.05, 4.69) is 10.1 Å². The van der Waals surface area contributed by atoms with Gasteiger partial charge in [0, 0.05) is 12.5 Å². The van der Waals surface area contributed by atoms with E-state index in [1.807, 2.05) is 0 Å². The van der Waals surface area contributed by atoms with Crippen LogP contribution in [-0.2, 0) is 9.53 Å². The standard InChI is InChI=1S/C17H13F2NO5/c1-9(21)20-13-7-10(5-6-14(13)22)15(23)8-25-17(24)16-11(18)3-2-4-12(16)19/h2-7,22H,8H2,1H3,(H,20,21). The van der Waals surface area contributed by atoms with Gasteiger partial charge in [-0.1, -0.05) is 6.07 Å². The molecule has 0 unspecified atom stereocenters. The maximum atomic E-state index is 13.5. The number of phenolic OH excluding ortho intramolecular Hbond substituents is 1. The smallest absolute Gasteiger partial charge is 0.344 e. The molecule has 0 spiro atoms. The molecule has 0 aromatic heterocycles. The lowest BCUT2D eigenvalue weighted by Gasteiger charge is -2.09. The highest BCUT2D eigenvalue weighted by Gasteiger charge is 2.20. The third-order valence-electron chi connectivity index (χ3n) is 3.13. The Morgan fingerprint density at radius 2 is 1.76 bits per heavy atom. The summed E-state index contributed by atoms with van der Waals surface area (Å²) >= 11 is 0. The molecule has 2 rings (SSSR count). The van der Waals surface area contributed by atoms with E-state index in [1.165, 1.54) is 25.1 Å². The summed E-state index contributed by atoms with van der Waals surface area (Å²) < 4.78 is 31.6. The molecule has 0 aliphatic heterocycles. The highest BCUT2D eigenvalue weighted by molar-refractivity contribution is 6.01. The number of rotatable bonds is 5. The molecule has 8 heteroatoms. The molecule has 0 radical (unpaired) electrons. The number of ketones is 1. The quantitative estimate of drug-likeness (QED) is 0.492. The number of carbonyl (C=O) groups excluding carboxylic acids is 3. The zero-order valence-electron chi connectivity index (χ0n) is 13.0. The number of phenols is 1. The van der Waals surface area contributed by atoms with Gasteiger partial charge in [-0.25, -0.2) is 13.6 Å². The Labute approximate surface area is 141 Å². The number of halogens is 2. The molecular weight excluding hydrogens is 336 g/mol. The lowest BCUT2D eigenvalue weighted by atomic mass is 10.1. The minimum absolute atomic E-state index is 0.00447. The van der Waals surface area contributed by atoms with Crippen molar-refractivity contribution in [1.82, 2.24) is 0 Å². The third kappa shape index (κ3) is 4.37. The fraction of sp³-hybridized carbons (Fsp3) is 0.118. The Morgan fingerprint density at radius 1 is 1.12 bits per heavy atom. The fourth-order valence-corrected chi connectivity index (χ4v) is 1.98. The Bertz CT molecular complexity index is 831. The molecule has 0 saturated heterocycles. The molecule has 6 nitrogen and oxygen atoms in total. The normalized spacial score (nSPS) is 10.2. The zero-order valence-corrected chi connectivity index (χ0v) is 13.0. The van der Waals surface area contributed by atoms with Gasteiger partial charge in [-0.3, -0.25) is 9.59 Å². The molecule has 2 aromatic rings. The molecule has 0 heterocycles. The molecule has 0 aliphatic rings. The molecule has 2 aromatic carbocycles. The maximum Gasteiger partial charge on any atom is 0.344 e. The fourth-order valence-electron chi connectivity index (χ4n) is 1.98. The first kappa shape index (κ1) is 18.1. The van der Waals surface area contributed by atoms with Crippen LogP contribution in [0.15, 0.2) is 36.4 Å². The lowest BCUT2D eigenvalue weighted by molar-refractivity contribution is -0.114. The topological polar surface area (TPSA) is 92.7 Å². The van der Waals surface area contributed by atoms with Gasteiger partial charge >= 0.3 is 5.97 Å². The van der Waals surface area contributed by atoms with E-state index in [9.17, 15) is 28.3 Å². The summed E-state index contributed by atoms with van der Waals surface area (Å²) in [6, 6.07) is 6.49. The van der Waals surface area contributed by atoms with Gasteiger partial charge in [0.05, 0.1) is 5.69 Å². The van der Waals surface area contributed by atoms with Crippen LogP contribution in [-0.4, -0.2) is 29.4 Å². The molecule has 0 aliphatic carbocycles. The first-order valence-corrected chi connectivity index (χ1v) is 7.04. The van der Waals surface area contributed by atoms with Gasteiger partial charge in [-0.15, -0.1) is 0 Å². The Kier molecular flexibility index (Phi) is 5.43. The molecule has 0 atom stereocenters. The Hall–Kier alpha value is -3.29. The van der Waals surface area contributed by atoms with Crippen LogP contribution in [0.25, 0.3) is 0 Å². The molecule has 2 N–H and O–H groups in total. The summed E-state index contributed by atoms with van der Waals surface area (Å²) in [5, 5.41) is 11.9. The van der Waals surface area contributed by atoms with E-state index < -0.39 is 41.5 Å². The van der Waals surface area contributed by atoms with Gasteiger partial charge in [-0.2, -0.15) is 0 Å². The van der Waals surface area contributed by atoms with Crippen molar-refractivity contribution in [2.24, 2.45) is 0 Å². The summed E-state index contributed by atoms with van der Waals surface area (Å²) in [6.07, 6.45) is 0. The van der Waals surface area contributed by atoms with E-state index in [4.69, 9.17) is 0 Å². The number of carbonyl (C=O) groups is 3. The number of benzene rings is 2. The SMILES string of the molecule is CC(=O)Nc1cc(C(=O)COC(=O)c2c(F)cccc2F)ccc1O. The Balaban J connectivity index is 2.10. The molecule has 0 bridgehead atoms. The van der Waals surface area contributed by atoms with Gasteiger partial charge in [0.15, 0.2) is 12.4 Å². The van der Waals surface area contributed by atoms with Crippen LogP contribution in [0.5, 0.6) is 5.75 Å². The summed E-state index contributed by atoms with van der Waals surface area (Å²) in [5.74, 6) is -4.91. The van der Waals surface area contributed by atoms with Crippen LogP contribution < -0.4 is 5.32 Å². The van der Waals surface area contributed by atoms with Crippen LogP contribution in [0.2, 0.25) is 0 Å². The van der Waals surface area contributed by atoms with E-state index in [1.54, 1.807) is 0 Å². The predicted octanol–water partition coefficient (Wildman–Crippen LogP) is 2.67. The minimum Gasteiger partial charge on any atom is -0.506 e. The maximum absolute atomic E-state index is 13.5. The van der Waals surface area contributed by atoms with Crippen LogP contribution in [0.3, 0.4) is 0 Å². The number of amides is 1. The molecule has 0 fully saturated rings. The minimum atomic E-state index is -1.31. The molecule has 130 valence electrons. The zero-order chi connectivity index (χ0) is 18.6. The average Bonchev–Trinajstić information content (AvgIpc) is 2.54. The van der Waals surface area contributed by atoms with Crippen LogP contribution in [0.1, 0.15) is 27.6 Å². The first-order chi connectivity index (χ1) is 11.8. The molecule has 1 amide bonds. The number of Topliss-reactive ketones (excluding diaryl/α,β-unsaturated/α-hetero) is 1. The van der Waals surface area contributed by atoms with Crippen molar-refractivity contribution in [3.63, 3.8) is 0 Å². The van der Waals surface area contributed by atoms with Crippen molar-refractivity contribution in [1.29, 1.82) is 0 Å². The summed E-state index contributed by atoms with van der Waals surface area (Å²) in [4.78, 5) is 34.8. The lowest BCUT2D eigenvalue weighted by Crippen LogP contribution is -2.17. The number of nitrogens with one attached hydrogen (secondary N) is 1. The number of hydrogen-bond donors (Lipinski definition) is 2. The summed E-state index contributed by atoms with van der Waals surface area (Å²) in [6.45, 7) is 0.454. The van der Waals surface area contributed by atoms with E-state index in [0.29, 0.717) is 0 Å². The number of anilines is 1. The van der Waals surface area contributed by atoms with Crippen molar-refractivity contribution >= 4 is 23.3 Å². The number of ether oxygens (including phenoxy) is 1. The largest absolute Gasteiger partial charge is 0.506 e. The van der Waals surface area contributed by atoms with Crippen LogP contribution >= 0.6 is 0 Å². The number of hydrogen-bond acceptors (Lipinski definition) is 5. The van der Waals surface area contributed by atoms with Gasteiger partial charge in [0.2, 0.25) is 5.91 Å². The molecular formula is C17H13F2NO5. The summed E-state index contributed by atoms with van der Waals surface area (Å²) in [5.41, 5.74) is -0.854. The number of esters is 1. The summed E-state index contributed by atoms with van der Waals surface area (Å²) in [7, 11) is 0. The molecule has 25 heavy (non-hydrogen) atoms. The van der Waals surface area contributed by atoms with Crippen molar-refractivity contribution in [2.45, 2.75) is 6.92 Å². The third-order valence-corrected chi connectivity index (χ3v) is 3.13. The predicted molar refractivity (Wildman–Crippen MR) is 83.4 cm³/mol. The highest BCUT2D eigenvalue weighted by atomic mass is 19.1. The average molecular weight is 349 g/mol. The van der Waals surface area contributed by atoms with E-state index in [-0.39, 0.29) is 17.0 Å². The Morgan fingerprint density at radius 3 is 2.36 bits per heavy atom. The number of aromatic hydroxyl groups is 1.